The van der Waals surface area contributed by atoms with Gasteiger partial charge in [-0.15, -0.1) is 0 Å². The van der Waals surface area contributed by atoms with Gasteiger partial charge in [0, 0.05) is 6.54 Å². The highest BCUT2D eigenvalue weighted by atomic mass is 16.4. The predicted molar refractivity (Wildman–Crippen MR) is 61.2 cm³/mol. The Balaban J connectivity index is 2.21. The van der Waals surface area contributed by atoms with E-state index in [9.17, 15) is 4.79 Å². The maximum atomic E-state index is 10.8. The fourth-order valence-corrected chi connectivity index (χ4v) is 2.09. The normalized spacial score (nSPS) is 21.9. The smallest absolute Gasteiger partial charge is 0.325 e. The zero-order chi connectivity index (χ0) is 11.5. The number of nitrogens with one attached hydrogen (secondary N) is 1. The molecule has 0 bridgehead atoms. The van der Waals surface area contributed by atoms with Gasteiger partial charge >= 0.3 is 5.97 Å². The number of carboxylic acid groups (broad SMARTS) is 1. The van der Waals surface area contributed by atoms with E-state index in [1.54, 1.807) is 6.07 Å². The van der Waals surface area contributed by atoms with Crippen LogP contribution in [0.1, 0.15) is 29.5 Å². The summed E-state index contributed by atoms with van der Waals surface area (Å²) in [7, 11) is 0. The fourth-order valence-electron chi connectivity index (χ4n) is 2.09. The average Bonchev–Trinajstić information content (AvgIpc) is 2.81. The molecule has 1 fully saturated rings. The molecule has 1 saturated heterocycles. The van der Waals surface area contributed by atoms with E-state index in [1.807, 2.05) is 18.2 Å². The van der Waals surface area contributed by atoms with Crippen molar-refractivity contribution in [3.63, 3.8) is 0 Å². The van der Waals surface area contributed by atoms with Crippen molar-refractivity contribution >= 4 is 5.97 Å². The van der Waals surface area contributed by atoms with Crippen molar-refractivity contribution in [2.75, 3.05) is 13.1 Å². The summed E-state index contributed by atoms with van der Waals surface area (Å²) in [5.74, 6) is -0.498. The molecular weight excluding hydrogens is 204 g/mol. The average molecular weight is 220 g/mol. The minimum Gasteiger partial charge on any atom is -0.480 e. The van der Waals surface area contributed by atoms with Crippen LogP contribution in [-0.2, 0) is 4.79 Å². The van der Waals surface area contributed by atoms with Gasteiger partial charge in [-0.25, -0.2) is 0 Å². The number of hydrogen-bond acceptors (Lipinski definition) is 3. The Labute approximate surface area is 94.5 Å². The summed E-state index contributed by atoms with van der Waals surface area (Å²) in [6, 6.07) is 6.68. The SMILES string of the molecule is NC(C(=O)O)c1cccc(C2CCNC2)c1. The molecule has 2 atom stereocenters. The molecule has 16 heavy (non-hydrogen) atoms. The first-order chi connectivity index (χ1) is 7.68. The van der Waals surface area contributed by atoms with Crippen molar-refractivity contribution in [3.8, 4) is 0 Å². The Bertz CT molecular complexity index is 386. The van der Waals surface area contributed by atoms with Gasteiger partial charge in [-0.2, -0.15) is 0 Å². The molecule has 1 aliphatic heterocycles. The van der Waals surface area contributed by atoms with E-state index < -0.39 is 12.0 Å². The Kier molecular flexibility index (Phi) is 3.22. The molecule has 0 radical (unpaired) electrons. The van der Waals surface area contributed by atoms with Crippen LogP contribution in [0.25, 0.3) is 0 Å². The highest BCUT2D eigenvalue weighted by molar-refractivity contribution is 5.75. The lowest BCUT2D eigenvalue weighted by atomic mass is 9.95. The van der Waals surface area contributed by atoms with E-state index in [0.717, 1.165) is 19.5 Å². The second kappa shape index (κ2) is 4.63. The minimum atomic E-state index is -0.985. The van der Waals surface area contributed by atoms with Gasteiger partial charge in [0.1, 0.15) is 6.04 Å². The molecule has 2 rings (SSSR count). The zero-order valence-electron chi connectivity index (χ0n) is 9.02. The van der Waals surface area contributed by atoms with Crippen molar-refractivity contribution in [1.82, 2.24) is 5.32 Å². The van der Waals surface area contributed by atoms with Crippen molar-refractivity contribution in [3.05, 3.63) is 35.4 Å². The minimum absolute atomic E-state index is 0.487. The van der Waals surface area contributed by atoms with E-state index in [-0.39, 0.29) is 0 Å². The summed E-state index contributed by atoms with van der Waals surface area (Å²) < 4.78 is 0. The zero-order valence-corrected chi connectivity index (χ0v) is 9.02. The van der Waals surface area contributed by atoms with Crippen molar-refractivity contribution in [2.24, 2.45) is 5.73 Å². The van der Waals surface area contributed by atoms with Gasteiger partial charge in [-0.1, -0.05) is 24.3 Å². The molecule has 0 aromatic heterocycles. The number of rotatable bonds is 3. The summed E-state index contributed by atoms with van der Waals surface area (Å²) in [5.41, 5.74) is 7.45. The van der Waals surface area contributed by atoms with Crippen LogP contribution >= 0.6 is 0 Å². The predicted octanol–water partition coefficient (Wildman–Crippen LogP) is 0.848. The maximum absolute atomic E-state index is 10.8. The standard InChI is InChI=1S/C12H16N2O2/c13-11(12(15)16)9-3-1-2-8(6-9)10-4-5-14-7-10/h1-3,6,10-11,14H,4-5,7,13H2,(H,15,16). The molecule has 2 unspecified atom stereocenters. The van der Waals surface area contributed by atoms with Crippen LogP contribution in [0.4, 0.5) is 0 Å². The number of aliphatic carboxylic acids is 1. The summed E-state index contributed by atoms with van der Waals surface area (Å²) in [6.07, 6.45) is 1.10. The third-order valence-corrected chi connectivity index (χ3v) is 3.07. The molecule has 0 spiro atoms. The van der Waals surface area contributed by atoms with Gasteiger partial charge in [0.15, 0.2) is 0 Å². The first-order valence-electron chi connectivity index (χ1n) is 5.47. The molecule has 4 heteroatoms. The van der Waals surface area contributed by atoms with Crippen LogP contribution < -0.4 is 11.1 Å². The first-order valence-corrected chi connectivity index (χ1v) is 5.47. The lowest BCUT2D eigenvalue weighted by molar-refractivity contribution is -0.138. The number of nitrogens with two attached hydrogens (primary N) is 1. The van der Waals surface area contributed by atoms with Crippen molar-refractivity contribution in [1.29, 1.82) is 0 Å². The Morgan fingerprint density at radius 1 is 1.56 bits per heavy atom. The van der Waals surface area contributed by atoms with E-state index >= 15 is 0 Å². The number of benzene rings is 1. The van der Waals surface area contributed by atoms with Crippen LogP contribution in [0, 0.1) is 0 Å². The molecule has 86 valence electrons. The number of carboxylic acids is 1. The lowest BCUT2D eigenvalue weighted by Gasteiger charge is -2.12. The van der Waals surface area contributed by atoms with E-state index in [1.165, 1.54) is 5.56 Å². The largest absolute Gasteiger partial charge is 0.480 e. The van der Waals surface area contributed by atoms with E-state index in [2.05, 4.69) is 5.32 Å². The van der Waals surface area contributed by atoms with E-state index in [0.29, 0.717) is 11.5 Å². The summed E-state index contributed by atoms with van der Waals surface area (Å²) in [4.78, 5) is 10.8. The summed E-state index contributed by atoms with van der Waals surface area (Å²) in [6.45, 7) is 1.99. The van der Waals surface area contributed by atoms with Gasteiger partial charge in [0.2, 0.25) is 0 Å². The summed E-state index contributed by atoms with van der Waals surface area (Å²) >= 11 is 0. The molecule has 1 aromatic rings. The third-order valence-electron chi connectivity index (χ3n) is 3.07. The van der Waals surface area contributed by atoms with Crippen LogP contribution in [0.3, 0.4) is 0 Å². The fraction of sp³-hybridized carbons (Fsp3) is 0.417. The van der Waals surface area contributed by atoms with Crippen LogP contribution in [0.2, 0.25) is 0 Å². The molecule has 1 aromatic carbocycles. The number of carbonyl (C=O) groups is 1. The molecule has 0 aliphatic carbocycles. The van der Waals surface area contributed by atoms with Crippen molar-refractivity contribution in [2.45, 2.75) is 18.4 Å². The first kappa shape index (κ1) is 11.1. The molecule has 1 aliphatic rings. The molecular formula is C12H16N2O2. The second-order valence-electron chi connectivity index (χ2n) is 4.18. The van der Waals surface area contributed by atoms with Gasteiger partial charge in [0.25, 0.3) is 0 Å². The van der Waals surface area contributed by atoms with Gasteiger partial charge in [0.05, 0.1) is 0 Å². The third kappa shape index (κ3) is 2.23. The van der Waals surface area contributed by atoms with Crippen LogP contribution in [0.5, 0.6) is 0 Å². The van der Waals surface area contributed by atoms with Gasteiger partial charge in [-0.3, -0.25) is 4.79 Å². The maximum Gasteiger partial charge on any atom is 0.325 e. The molecule has 0 amide bonds. The molecule has 4 N–H and O–H groups in total. The van der Waals surface area contributed by atoms with Gasteiger partial charge in [-0.05, 0) is 30.0 Å². The summed E-state index contributed by atoms with van der Waals surface area (Å²) in [5, 5.41) is 12.1. The molecule has 4 nitrogen and oxygen atoms in total. The lowest BCUT2D eigenvalue weighted by Crippen LogP contribution is -2.20. The Morgan fingerprint density at radius 3 is 3.00 bits per heavy atom. The number of hydrogen-bond donors (Lipinski definition) is 3. The Hall–Kier alpha value is -1.39. The highest BCUT2D eigenvalue weighted by Gasteiger charge is 2.19. The molecule has 1 heterocycles. The second-order valence-corrected chi connectivity index (χ2v) is 4.18. The van der Waals surface area contributed by atoms with Crippen molar-refractivity contribution < 1.29 is 9.90 Å². The quantitative estimate of drug-likeness (QED) is 0.706. The monoisotopic (exact) mass is 220 g/mol. The van der Waals surface area contributed by atoms with Crippen LogP contribution in [-0.4, -0.2) is 24.2 Å². The highest BCUT2D eigenvalue weighted by Crippen LogP contribution is 2.24. The van der Waals surface area contributed by atoms with Crippen LogP contribution in [0.15, 0.2) is 24.3 Å². The van der Waals surface area contributed by atoms with E-state index in [4.69, 9.17) is 10.8 Å². The Morgan fingerprint density at radius 2 is 2.38 bits per heavy atom. The topological polar surface area (TPSA) is 75.4 Å². The van der Waals surface area contributed by atoms with Gasteiger partial charge < -0.3 is 16.2 Å². The molecule has 0 saturated carbocycles.